The van der Waals surface area contributed by atoms with Crippen LogP contribution in [0.25, 0.3) is 0 Å². The van der Waals surface area contributed by atoms with Crippen molar-refractivity contribution in [2.75, 3.05) is 6.73 Å². The number of fused-ring (bicyclic) bond motifs is 1. The number of pyridine rings is 1. The minimum Gasteiger partial charge on any atom is -0.467 e. The van der Waals surface area contributed by atoms with Gasteiger partial charge in [-0.05, 0) is 23.8 Å². The lowest BCUT2D eigenvalue weighted by atomic mass is 10.2. The molecule has 0 spiro atoms. The Bertz CT molecular complexity index is 583. The normalized spacial score (nSPS) is 17.1. The van der Waals surface area contributed by atoms with Crippen molar-refractivity contribution in [2.45, 2.75) is 6.54 Å². The molecule has 0 bridgehead atoms. The van der Waals surface area contributed by atoms with Crippen LogP contribution in [0.5, 0.6) is 0 Å². The molecular weight excluding hydrogens is 257 g/mol. The fourth-order valence-corrected chi connectivity index (χ4v) is 1.94. The van der Waals surface area contributed by atoms with Crippen LogP contribution < -0.4 is 0 Å². The van der Waals surface area contributed by atoms with Gasteiger partial charge < -0.3 is 9.64 Å². The van der Waals surface area contributed by atoms with Crippen molar-refractivity contribution in [1.82, 2.24) is 9.88 Å². The predicted octanol–water partition coefficient (Wildman–Crippen LogP) is 2.47. The molecule has 0 saturated carbocycles. The first-order valence-electron chi connectivity index (χ1n) is 5.37. The molecule has 3 heterocycles. The highest BCUT2D eigenvalue weighted by Crippen LogP contribution is 2.21. The number of amidine groups is 1. The average Bonchev–Trinajstić information content (AvgIpc) is 2.83. The second kappa shape index (κ2) is 4.42. The summed E-state index contributed by atoms with van der Waals surface area (Å²) < 4.78 is 18.6. The maximum absolute atomic E-state index is 13.3. The number of hydrogen-bond acceptors (Lipinski definition) is 4. The van der Waals surface area contributed by atoms with Crippen molar-refractivity contribution in [3.8, 4) is 0 Å². The molecule has 92 valence electrons. The van der Waals surface area contributed by atoms with Crippen LogP contribution >= 0.6 is 11.6 Å². The highest BCUT2D eigenvalue weighted by Gasteiger charge is 2.22. The number of hydrogen-bond donors (Lipinski definition) is 0. The lowest BCUT2D eigenvalue weighted by Crippen LogP contribution is -2.27. The Balaban J connectivity index is 1.82. The van der Waals surface area contributed by atoms with Crippen LogP contribution in [0.4, 0.5) is 4.39 Å². The number of allylic oxidation sites excluding steroid dienone is 2. The minimum absolute atomic E-state index is 0.116. The fourth-order valence-electron chi connectivity index (χ4n) is 1.84. The molecule has 0 unspecified atom stereocenters. The molecule has 1 aromatic heterocycles. The van der Waals surface area contributed by atoms with E-state index >= 15 is 0 Å². The molecule has 0 radical (unpaired) electrons. The van der Waals surface area contributed by atoms with Gasteiger partial charge >= 0.3 is 0 Å². The van der Waals surface area contributed by atoms with Crippen molar-refractivity contribution in [3.63, 3.8) is 0 Å². The first-order chi connectivity index (χ1) is 8.74. The van der Waals surface area contributed by atoms with Gasteiger partial charge in [-0.15, -0.1) is 0 Å². The summed E-state index contributed by atoms with van der Waals surface area (Å²) in [5, 5.41) is -0.116. The first-order valence-corrected chi connectivity index (χ1v) is 5.74. The third-order valence-corrected chi connectivity index (χ3v) is 2.92. The van der Waals surface area contributed by atoms with Crippen LogP contribution in [0.15, 0.2) is 41.4 Å². The molecule has 1 aromatic rings. The van der Waals surface area contributed by atoms with Gasteiger partial charge in [0.05, 0.1) is 6.54 Å². The summed E-state index contributed by atoms with van der Waals surface area (Å²) in [5.74, 6) is 0.975. The summed E-state index contributed by atoms with van der Waals surface area (Å²) >= 11 is 5.55. The smallest absolute Gasteiger partial charge is 0.181 e. The molecule has 6 heteroatoms. The van der Waals surface area contributed by atoms with E-state index in [1.54, 1.807) is 6.20 Å². The molecule has 2 aliphatic heterocycles. The second-order valence-corrected chi connectivity index (χ2v) is 4.23. The van der Waals surface area contributed by atoms with Crippen molar-refractivity contribution in [1.29, 1.82) is 0 Å². The number of ether oxygens (including phenoxy) is 1. The van der Waals surface area contributed by atoms with E-state index in [2.05, 4.69) is 9.98 Å². The summed E-state index contributed by atoms with van der Waals surface area (Å²) in [6.45, 7) is 0.795. The number of halogens is 2. The summed E-state index contributed by atoms with van der Waals surface area (Å²) in [5.41, 5.74) is 0.720. The van der Waals surface area contributed by atoms with Gasteiger partial charge in [-0.1, -0.05) is 11.6 Å². The molecule has 0 fully saturated rings. The lowest BCUT2D eigenvalue weighted by molar-refractivity contribution is 0.259. The monoisotopic (exact) mass is 265 g/mol. The summed E-state index contributed by atoms with van der Waals surface area (Å²) in [7, 11) is 0. The van der Waals surface area contributed by atoms with E-state index in [0.717, 1.165) is 17.2 Å². The molecular formula is C12H9ClFN3O. The number of aliphatic imine (C=N–C) groups is 1. The average molecular weight is 266 g/mol. The Kier molecular flexibility index (Phi) is 2.76. The van der Waals surface area contributed by atoms with E-state index in [9.17, 15) is 4.39 Å². The molecule has 4 nitrogen and oxygen atoms in total. The first kappa shape index (κ1) is 11.2. The van der Waals surface area contributed by atoms with E-state index in [1.807, 2.05) is 23.3 Å². The van der Waals surface area contributed by atoms with Crippen molar-refractivity contribution >= 4 is 17.4 Å². The minimum atomic E-state index is -0.518. The van der Waals surface area contributed by atoms with E-state index < -0.39 is 5.82 Å². The SMILES string of the molecule is Fc1cc(CN2C=CC=C3OCN=C32)cnc1Cl. The Hall–Kier alpha value is -1.88. The quantitative estimate of drug-likeness (QED) is 0.771. The Morgan fingerprint density at radius 1 is 1.50 bits per heavy atom. The van der Waals surface area contributed by atoms with Gasteiger partial charge in [0.1, 0.15) is 0 Å². The molecule has 0 amide bonds. The third-order valence-electron chi connectivity index (χ3n) is 2.65. The van der Waals surface area contributed by atoms with E-state index in [1.165, 1.54) is 6.07 Å². The van der Waals surface area contributed by atoms with Gasteiger partial charge in [0.2, 0.25) is 0 Å². The van der Waals surface area contributed by atoms with Crippen molar-refractivity contribution in [2.24, 2.45) is 4.99 Å². The molecule has 0 atom stereocenters. The van der Waals surface area contributed by atoms with Gasteiger partial charge in [-0.25, -0.2) is 14.4 Å². The highest BCUT2D eigenvalue weighted by molar-refractivity contribution is 6.29. The van der Waals surface area contributed by atoms with Crippen molar-refractivity contribution in [3.05, 3.63) is 52.9 Å². The van der Waals surface area contributed by atoms with Crippen LogP contribution in [0.3, 0.4) is 0 Å². The van der Waals surface area contributed by atoms with Crippen LogP contribution in [0, 0.1) is 5.82 Å². The van der Waals surface area contributed by atoms with E-state index in [4.69, 9.17) is 16.3 Å². The van der Waals surface area contributed by atoms with Gasteiger partial charge in [0.25, 0.3) is 0 Å². The summed E-state index contributed by atoms with van der Waals surface area (Å²) in [6, 6.07) is 1.37. The van der Waals surface area contributed by atoms with E-state index in [0.29, 0.717) is 13.3 Å². The molecule has 18 heavy (non-hydrogen) atoms. The van der Waals surface area contributed by atoms with Crippen LogP contribution in [-0.2, 0) is 11.3 Å². The summed E-state index contributed by atoms with van der Waals surface area (Å²) in [6.07, 6.45) is 7.12. The number of aromatic nitrogens is 1. The Morgan fingerprint density at radius 3 is 3.22 bits per heavy atom. The van der Waals surface area contributed by atoms with Crippen LogP contribution in [0.2, 0.25) is 5.15 Å². The van der Waals surface area contributed by atoms with Crippen LogP contribution in [0.1, 0.15) is 5.56 Å². The molecule has 0 N–H and O–H groups in total. The molecule has 3 rings (SSSR count). The Morgan fingerprint density at radius 2 is 2.39 bits per heavy atom. The lowest BCUT2D eigenvalue weighted by Gasteiger charge is -2.22. The molecule has 0 saturated heterocycles. The molecule has 2 aliphatic rings. The topological polar surface area (TPSA) is 37.7 Å². The third kappa shape index (κ3) is 1.97. The molecule has 0 aromatic carbocycles. The standard InChI is InChI=1S/C12H9ClFN3O/c13-11-9(14)4-8(5-15-11)6-17-3-1-2-10-12(17)16-7-18-10/h1-5H,6-7H2. The van der Waals surface area contributed by atoms with Gasteiger partial charge in [0, 0.05) is 12.4 Å². The maximum atomic E-state index is 13.3. The van der Waals surface area contributed by atoms with Gasteiger partial charge in [-0.2, -0.15) is 0 Å². The predicted molar refractivity (Wildman–Crippen MR) is 65.4 cm³/mol. The zero-order chi connectivity index (χ0) is 12.5. The Labute approximate surface area is 108 Å². The second-order valence-electron chi connectivity index (χ2n) is 3.87. The molecule has 0 aliphatic carbocycles. The maximum Gasteiger partial charge on any atom is 0.181 e. The van der Waals surface area contributed by atoms with E-state index in [-0.39, 0.29) is 5.15 Å². The van der Waals surface area contributed by atoms with Gasteiger partial charge in [-0.3, -0.25) is 0 Å². The number of nitrogens with zero attached hydrogens (tertiary/aromatic N) is 3. The number of rotatable bonds is 2. The highest BCUT2D eigenvalue weighted by atomic mass is 35.5. The van der Waals surface area contributed by atoms with Crippen molar-refractivity contribution < 1.29 is 9.13 Å². The zero-order valence-corrected chi connectivity index (χ0v) is 10.1. The van der Waals surface area contributed by atoms with Crippen LogP contribution in [-0.4, -0.2) is 22.5 Å². The fraction of sp³-hybridized carbons (Fsp3) is 0.167. The zero-order valence-electron chi connectivity index (χ0n) is 9.31. The largest absolute Gasteiger partial charge is 0.467 e. The van der Waals surface area contributed by atoms with Gasteiger partial charge in [0.15, 0.2) is 29.3 Å². The summed E-state index contributed by atoms with van der Waals surface area (Å²) in [4.78, 5) is 9.90.